The molecule has 0 atom stereocenters. The normalized spacial score (nSPS) is 15.1. The lowest BCUT2D eigenvalue weighted by atomic mass is 10.2. The van der Waals surface area contributed by atoms with Crippen LogP contribution >= 0.6 is 0 Å². The van der Waals surface area contributed by atoms with E-state index in [9.17, 15) is 14.4 Å². The van der Waals surface area contributed by atoms with Crippen LogP contribution in [0, 0.1) is 0 Å². The van der Waals surface area contributed by atoms with Crippen LogP contribution in [0.15, 0.2) is 12.7 Å². The average Bonchev–Trinajstić information content (AvgIpc) is 2.80. The van der Waals surface area contributed by atoms with Gasteiger partial charge in [0.25, 0.3) is 0 Å². The molecule has 20 heavy (non-hydrogen) atoms. The molecule has 0 saturated heterocycles. The predicted octanol–water partition coefficient (Wildman–Crippen LogP) is 0.327. The van der Waals surface area contributed by atoms with Crippen molar-refractivity contribution < 1.29 is 19.5 Å². The number of amides is 3. The fourth-order valence-electron chi connectivity index (χ4n) is 2.22. The number of hydrogen-bond donors (Lipinski definition) is 3. The van der Waals surface area contributed by atoms with Gasteiger partial charge in [0, 0.05) is 12.6 Å². The molecule has 0 unspecified atom stereocenters. The molecule has 0 aromatic carbocycles. The van der Waals surface area contributed by atoms with Crippen LogP contribution in [0.3, 0.4) is 0 Å². The number of carboxylic acid groups (broad SMARTS) is 1. The average molecular weight is 283 g/mol. The fourth-order valence-corrected chi connectivity index (χ4v) is 2.22. The number of aliphatic carboxylic acids is 1. The van der Waals surface area contributed by atoms with E-state index in [0.717, 1.165) is 25.7 Å². The molecule has 1 rings (SSSR count). The summed E-state index contributed by atoms with van der Waals surface area (Å²) in [5, 5.41) is 13.6. The van der Waals surface area contributed by atoms with Gasteiger partial charge in [0.1, 0.15) is 0 Å². The van der Waals surface area contributed by atoms with E-state index in [1.165, 1.54) is 11.0 Å². The van der Waals surface area contributed by atoms with Crippen molar-refractivity contribution in [2.45, 2.75) is 31.7 Å². The molecule has 7 heteroatoms. The monoisotopic (exact) mass is 283 g/mol. The Morgan fingerprint density at radius 3 is 2.45 bits per heavy atom. The Morgan fingerprint density at radius 2 is 1.90 bits per heavy atom. The van der Waals surface area contributed by atoms with Gasteiger partial charge in [0.05, 0.1) is 13.1 Å². The lowest BCUT2D eigenvalue weighted by molar-refractivity contribution is -0.138. The molecule has 0 heterocycles. The van der Waals surface area contributed by atoms with Crippen LogP contribution in [0.25, 0.3) is 0 Å². The van der Waals surface area contributed by atoms with Crippen molar-refractivity contribution in [3.63, 3.8) is 0 Å². The van der Waals surface area contributed by atoms with E-state index in [-0.39, 0.29) is 25.7 Å². The topological polar surface area (TPSA) is 98.7 Å². The SMILES string of the molecule is C=CCN(CC(=O)O)CC(=O)NC(=O)NC1CCCC1. The van der Waals surface area contributed by atoms with Crippen LogP contribution in [0.4, 0.5) is 4.79 Å². The number of hydrogen-bond acceptors (Lipinski definition) is 4. The maximum atomic E-state index is 11.7. The molecule has 1 aliphatic carbocycles. The van der Waals surface area contributed by atoms with Crippen LogP contribution in [-0.2, 0) is 9.59 Å². The second-order valence-electron chi connectivity index (χ2n) is 4.86. The van der Waals surface area contributed by atoms with Gasteiger partial charge in [0.2, 0.25) is 5.91 Å². The largest absolute Gasteiger partial charge is 0.480 e. The minimum absolute atomic E-state index is 0.131. The lowest BCUT2D eigenvalue weighted by Crippen LogP contribution is -2.47. The van der Waals surface area contributed by atoms with Crippen LogP contribution in [0.5, 0.6) is 0 Å². The summed E-state index contributed by atoms with van der Waals surface area (Å²) < 4.78 is 0. The molecule has 1 saturated carbocycles. The second kappa shape index (κ2) is 8.31. The van der Waals surface area contributed by atoms with Crippen molar-refractivity contribution in [1.29, 1.82) is 0 Å². The van der Waals surface area contributed by atoms with E-state index >= 15 is 0 Å². The van der Waals surface area contributed by atoms with E-state index in [2.05, 4.69) is 17.2 Å². The van der Waals surface area contributed by atoms with Crippen molar-refractivity contribution in [1.82, 2.24) is 15.5 Å². The van der Waals surface area contributed by atoms with E-state index in [0.29, 0.717) is 0 Å². The van der Waals surface area contributed by atoms with Crippen molar-refractivity contribution in [3.05, 3.63) is 12.7 Å². The van der Waals surface area contributed by atoms with Gasteiger partial charge in [0.15, 0.2) is 0 Å². The molecule has 112 valence electrons. The number of urea groups is 1. The molecule has 0 radical (unpaired) electrons. The van der Waals surface area contributed by atoms with Gasteiger partial charge in [-0.2, -0.15) is 0 Å². The van der Waals surface area contributed by atoms with Gasteiger partial charge in [-0.3, -0.25) is 19.8 Å². The third-order valence-corrected chi connectivity index (χ3v) is 3.06. The minimum atomic E-state index is -1.03. The first-order valence-electron chi connectivity index (χ1n) is 6.66. The molecule has 0 spiro atoms. The Kier molecular flexibility index (Phi) is 6.72. The zero-order valence-corrected chi connectivity index (χ0v) is 11.4. The first-order chi connectivity index (χ1) is 9.51. The van der Waals surface area contributed by atoms with Gasteiger partial charge >= 0.3 is 12.0 Å². The van der Waals surface area contributed by atoms with Crippen LogP contribution in [0.1, 0.15) is 25.7 Å². The van der Waals surface area contributed by atoms with Gasteiger partial charge in [-0.15, -0.1) is 6.58 Å². The number of carboxylic acids is 1. The van der Waals surface area contributed by atoms with E-state index < -0.39 is 17.9 Å². The van der Waals surface area contributed by atoms with Gasteiger partial charge in [-0.05, 0) is 12.8 Å². The molecule has 0 aromatic rings. The summed E-state index contributed by atoms with van der Waals surface area (Å²) in [5.41, 5.74) is 0. The molecule has 0 aromatic heterocycles. The van der Waals surface area contributed by atoms with Gasteiger partial charge in [-0.1, -0.05) is 18.9 Å². The molecular formula is C13H21N3O4. The number of nitrogens with zero attached hydrogens (tertiary/aromatic N) is 1. The smallest absolute Gasteiger partial charge is 0.321 e. The molecule has 1 aliphatic rings. The summed E-state index contributed by atoms with van der Waals surface area (Å²) in [4.78, 5) is 35.2. The van der Waals surface area contributed by atoms with Crippen molar-refractivity contribution in [2.75, 3.05) is 19.6 Å². The fraction of sp³-hybridized carbons (Fsp3) is 0.615. The molecule has 0 aliphatic heterocycles. The maximum absolute atomic E-state index is 11.7. The number of carbonyl (C=O) groups is 3. The zero-order valence-electron chi connectivity index (χ0n) is 11.4. The Hall–Kier alpha value is -1.89. The third kappa shape index (κ3) is 6.33. The lowest BCUT2D eigenvalue weighted by Gasteiger charge is -2.18. The zero-order chi connectivity index (χ0) is 15.0. The molecule has 3 amide bonds. The molecular weight excluding hydrogens is 262 g/mol. The van der Waals surface area contributed by atoms with Crippen LogP contribution in [0.2, 0.25) is 0 Å². The standard InChI is InChI=1S/C13H21N3O4/c1-2-7-16(9-12(18)19)8-11(17)15-13(20)14-10-5-3-4-6-10/h2,10H,1,3-9H2,(H,18,19)(H2,14,15,17,20). The number of nitrogens with one attached hydrogen (secondary N) is 2. The number of rotatable bonds is 7. The highest BCUT2D eigenvalue weighted by Gasteiger charge is 2.19. The Bertz CT molecular complexity index is 378. The molecule has 1 fully saturated rings. The summed E-state index contributed by atoms with van der Waals surface area (Å²) in [6.45, 7) is 3.34. The third-order valence-electron chi connectivity index (χ3n) is 3.06. The van der Waals surface area contributed by atoms with Crippen molar-refractivity contribution in [3.8, 4) is 0 Å². The molecule has 3 N–H and O–H groups in total. The second-order valence-corrected chi connectivity index (χ2v) is 4.86. The highest BCUT2D eigenvalue weighted by Crippen LogP contribution is 2.17. The Morgan fingerprint density at radius 1 is 1.25 bits per heavy atom. The summed E-state index contributed by atoms with van der Waals surface area (Å²) >= 11 is 0. The first kappa shape index (κ1) is 16.2. The quantitative estimate of drug-likeness (QED) is 0.585. The number of imide groups is 1. The van der Waals surface area contributed by atoms with E-state index in [1.54, 1.807) is 0 Å². The predicted molar refractivity (Wildman–Crippen MR) is 73.2 cm³/mol. The van der Waals surface area contributed by atoms with Gasteiger partial charge < -0.3 is 10.4 Å². The Labute approximate surface area is 118 Å². The van der Waals surface area contributed by atoms with Crippen molar-refractivity contribution >= 4 is 17.9 Å². The molecule has 0 bridgehead atoms. The number of carbonyl (C=O) groups excluding carboxylic acids is 2. The first-order valence-corrected chi connectivity index (χ1v) is 6.66. The summed E-state index contributed by atoms with van der Waals surface area (Å²) in [5.74, 6) is -1.56. The van der Waals surface area contributed by atoms with Crippen molar-refractivity contribution in [2.24, 2.45) is 0 Å². The summed E-state index contributed by atoms with van der Waals surface area (Å²) in [6.07, 6.45) is 5.55. The van der Waals surface area contributed by atoms with Crippen LogP contribution < -0.4 is 10.6 Å². The Balaban J connectivity index is 2.33. The summed E-state index contributed by atoms with van der Waals surface area (Å²) in [7, 11) is 0. The highest BCUT2D eigenvalue weighted by atomic mass is 16.4. The van der Waals surface area contributed by atoms with E-state index in [1.807, 2.05) is 0 Å². The minimum Gasteiger partial charge on any atom is -0.480 e. The van der Waals surface area contributed by atoms with E-state index in [4.69, 9.17) is 5.11 Å². The molecule has 7 nitrogen and oxygen atoms in total. The maximum Gasteiger partial charge on any atom is 0.321 e. The summed E-state index contributed by atoms with van der Waals surface area (Å²) in [6, 6.07) is -0.387. The van der Waals surface area contributed by atoms with Crippen LogP contribution in [-0.4, -0.2) is 53.6 Å². The van der Waals surface area contributed by atoms with Gasteiger partial charge in [-0.25, -0.2) is 4.79 Å². The highest BCUT2D eigenvalue weighted by molar-refractivity contribution is 5.95.